The van der Waals surface area contributed by atoms with Gasteiger partial charge in [0.05, 0.1) is 24.2 Å². The summed E-state index contributed by atoms with van der Waals surface area (Å²) in [6.07, 6.45) is -0.917. The molecule has 3 unspecified atom stereocenters. The zero-order valence-electron chi connectivity index (χ0n) is 19.8. The number of carbonyl (C=O) groups excluding carboxylic acids is 1. The predicted molar refractivity (Wildman–Crippen MR) is 133 cm³/mol. The number of rotatable bonds is 6. The van der Waals surface area contributed by atoms with Crippen LogP contribution in [0, 0.1) is 11.7 Å². The SMILES string of the molecule is O=C(c1ccccc1)C1CC1c1ccc(-c2nc3cc(O[C@@H]4COC5[C@H](O)CO[C@@H]54)[nH]c3cc2F)cc1. The molecule has 4 heterocycles. The van der Waals surface area contributed by atoms with Crippen molar-refractivity contribution in [3.8, 4) is 17.1 Å². The number of benzene rings is 2. The average molecular weight is 501 g/mol. The van der Waals surface area contributed by atoms with Crippen molar-refractivity contribution >= 4 is 16.8 Å². The molecule has 7 nitrogen and oxygen atoms in total. The van der Waals surface area contributed by atoms with E-state index in [9.17, 15) is 9.90 Å². The summed E-state index contributed by atoms with van der Waals surface area (Å²) in [5, 5.41) is 9.92. The second-order valence-electron chi connectivity index (χ2n) is 10.0. The number of halogens is 1. The van der Waals surface area contributed by atoms with Gasteiger partial charge < -0.3 is 24.3 Å². The Bertz CT molecular complexity index is 1470. The molecule has 2 aromatic heterocycles. The van der Waals surface area contributed by atoms with Crippen LogP contribution in [0.2, 0.25) is 0 Å². The zero-order chi connectivity index (χ0) is 25.1. The molecule has 0 spiro atoms. The maximum Gasteiger partial charge on any atom is 0.193 e. The lowest BCUT2D eigenvalue weighted by Gasteiger charge is -2.16. The Morgan fingerprint density at radius 3 is 2.62 bits per heavy atom. The van der Waals surface area contributed by atoms with E-state index in [1.807, 2.05) is 54.6 Å². The molecule has 3 fully saturated rings. The molecule has 2 aromatic carbocycles. The number of aliphatic hydroxyl groups excluding tert-OH is 1. The Balaban J connectivity index is 1.08. The molecule has 2 aliphatic heterocycles. The summed E-state index contributed by atoms with van der Waals surface area (Å²) < 4.78 is 32.3. The van der Waals surface area contributed by atoms with E-state index >= 15 is 4.39 Å². The Morgan fingerprint density at radius 2 is 1.81 bits per heavy atom. The molecule has 0 radical (unpaired) electrons. The van der Waals surface area contributed by atoms with E-state index in [2.05, 4.69) is 9.97 Å². The number of carbonyl (C=O) groups is 1. The van der Waals surface area contributed by atoms with Gasteiger partial charge in [-0.15, -0.1) is 0 Å². The molecule has 188 valence electrons. The lowest BCUT2D eigenvalue weighted by atomic mass is 10.0. The monoisotopic (exact) mass is 500 g/mol. The minimum absolute atomic E-state index is 0.00354. The number of hydrogen-bond donors (Lipinski definition) is 2. The van der Waals surface area contributed by atoms with Gasteiger partial charge in [-0.2, -0.15) is 0 Å². The molecular weight excluding hydrogens is 475 g/mol. The van der Waals surface area contributed by atoms with Gasteiger partial charge in [-0.3, -0.25) is 4.79 Å². The molecule has 8 heteroatoms. The van der Waals surface area contributed by atoms with Gasteiger partial charge in [0.25, 0.3) is 0 Å². The normalized spacial score (nSPS) is 28.4. The third-order valence-electron chi connectivity index (χ3n) is 7.59. The van der Waals surface area contributed by atoms with Crippen LogP contribution in [0.1, 0.15) is 28.3 Å². The largest absolute Gasteiger partial charge is 0.470 e. The molecule has 4 aromatic rings. The Kier molecular flexibility index (Phi) is 5.35. The van der Waals surface area contributed by atoms with Gasteiger partial charge in [-0.05, 0) is 17.9 Å². The van der Waals surface area contributed by atoms with Crippen LogP contribution in [-0.4, -0.2) is 58.5 Å². The first-order chi connectivity index (χ1) is 18.0. The highest BCUT2D eigenvalue weighted by Gasteiger charge is 2.48. The van der Waals surface area contributed by atoms with Crippen molar-refractivity contribution in [2.75, 3.05) is 13.2 Å². The minimum atomic E-state index is -0.652. The van der Waals surface area contributed by atoms with Crippen LogP contribution < -0.4 is 4.74 Å². The van der Waals surface area contributed by atoms with Gasteiger partial charge in [0.1, 0.15) is 24.0 Å². The topological polar surface area (TPSA) is 93.7 Å². The van der Waals surface area contributed by atoms with E-state index in [0.29, 0.717) is 29.1 Å². The van der Waals surface area contributed by atoms with Crippen LogP contribution >= 0.6 is 0 Å². The van der Waals surface area contributed by atoms with Gasteiger partial charge in [0, 0.05) is 29.2 Å². The molecule has 3 aliphatic rings. The van der Waals surface area contributed by atoms with E-state index in [-0.39, 0.29) is 48.2 Å². The summed E-state index contributed by atoms with van der Waals surface area (Å²) in [7, 11) is 0. The number of ketones is 1. The van der Waals surface area contributed by atoms with E-state index in [1.165, 1.54) is 6.07 Å². The summed E-state index contributed by atoms with van der Waals surface area (Å²) >= 11 is 0. The van der Waals surface area contributed by atoms with Crippen LogP contribution in [0.25, 0.3) is 22.3 Å². The first-order valence-corrected chi connectivity index (χ1v) is 12.5. The number of pyridine rings is 1. The first-order valence-electron chi connectivity index (χ1n) is 12.5. The van der Waals surface area contributed by atoms with Gasteiger partial charge in [0.15, 0.2) is 23.6 Å². The molecule has 37 heavy (non-hydrogen) atoms. The van der Waals surface area contributed by atoms with Gasteiger partial charge in [-0.25, -0.2) is 9.37 Å². The average Bonchev–Trinajstić information content (AvgIpc) is 3.26. The summed E-state index contributed by atoms with van der Waals surface area (Å²) in [6, 6.07) is 20.2. The number of nitrogens with zero attached hydrogens (tertiary/aromatic N) is 1. The molecule has 0 amide bonds. The highest BCUT2D eigenvalue weighted by molar-refractivity contribution is 6.00. The van der Waals surface area contributed by atoms with Crippen molar-refractivity contribution in [3.63, 3.8) is 0 Å². The van der Waals surface area contributed by atoms with Crippen LogP contribution in [0.5, 0.6) is 5.88 Å². The van der Waals surface area contributed by atoms with E-state index in [0.717, 1.165) is 17.5 Å². The molecule has 1 saturated carbocycles. The minimum Gasteiger partial charge on any atom is -0.470 e. The molecule has 7 rings (SSSR count). The maximum absolute atomic E-state index is 15.0. The Hall–Kier alpha value is -3.59. The number of aromatic nitrogens is 2. The number of fused-ring (bicyclic) bond motifs is 2. The fourth-order valence-corrected chi connectivity index (χ4v) is 5.54. The summed E-state index contributed by atoms with van der Waals surface area (Å²) in [5.41, 5.74) is 3.84. The Morgan fingerprint density at radius 1 is 1.03 bits per heavy atom. The van der Waals surface area contributed by atoms with E-state index in [1.54, 1.807) is 6.07 Å². The third kappa shape index (κ3) is 4.01. The van der Waals surface area contributed by atoms with Crippen LogP contribution in [0.3, 0.4) is 0 Å². The zero-order valence-corrected chi connectivity index (χ0v) is 19.8. The highest BCUT2D eigenvalue weighted by Crippen LogP contribution is 2.49. The number of aliphatic hydroxyl groups is 1. The first kappa shape index (κ1) is 22.6. The fraction of sp³-hybridized carbons (Fsp3) is 0.310. The summed E-state index contributed by atoms with van der Waals surface area (Å²) in [6.45, 7) is 0.529. The molecule has 1 aliphatic carbocycles. The maximum atomic E-state index is 15.0. The molecule has 2 N–H and O–H groups in total. The second kappa shape index (κ2) is 8.76. The van der Waals surface area contributed by atoms with Crippen molar-refractivity contribution in [1.82, 2.24) is 9.97 Å². The molecular formula is C29H25FN2O5. The molecule has 6 atom stereocenters. The predicted octanol–water partition coefficient (Wildman–Crippen LogP) is 4.26. The smallest absolute Gasteiger partial charge is 0.193 e. The molecule has 2 saturated heterocycles. The van der Waals surface area contributed by atoms with Gasteiger partial charge in [0.2, 0.25) is 0 Å². The number of ether oxygens (including phenoxy) is 3. The lowest BCUT2D eigenvalue weighted by Crippen LogP contribution is -2.34. The van der Waals surface area contributed by atoms with Gasteiger partial charge >= 0.3 is 0 Å². The van der Waals surface area contributed by atoms with E-state index in [4.69, 9.17) is 14.2 Å². The number of hydrogen-bond acceptors (Lipinski definition) is 6. The number of Topliss-reactive ketones (excluding diaryl/α,β-unsaturated/α-hetero) is 1. The standard InChI is InChI=1S/C29H25FN2O5/c30-20-11-21-22(12-25(31-21)37-24-14-36-28-23(33)13-35-29(24)28)32-26(20)16-8-6-15(7-9-16)18-10-19(18)27(34)17-4-2-1-3-5-17/h1-9,11-12,18-19,23-24,28-29,31,33H,10,13-14H2/t18?,19?,23-,24-,28?,29-/m1/s1. The summed E-state index contributed by atoms with van der Waals surface area (Å²) in [4.78, 5) is 20.3. The Labute approximate surface area is 212 Å². The highest BCUT2D eigenvalue weighted by atomic mass is 19.1. The van der Waals surface area contributed by atoms with Crippen molar-refractivity contribution < 1.29 is 28.5 Å². The van der Waals surface area contributed by atoms with E-state index < -0.39 is 11.9 Å². The summed E-state index contributed by atoms with van der Waals surface area (Å²) in [5.74, 6) is 0.362. The fourth-order valence-electron chi connectivity index (χ4n) is 5.54. The third-order valence-corrected chi connectivity index (χ3v) is 7.59. The van der Waals surface area contributed by atoms with Crippen molar-refractivity contribution in [3.05, 3.63) is 83.7 Å². The quantitative estimate of drug-likeness (QED) is 0.384. The second-order valence-corrected chi connectivity index (χ2v) is 10.0. The van der Waals surface area contributed by atoms with Crippen LogP contribution in [-0.2, 0) is 9.47 Å². The number of nitrogens with one attached hydrogen (secondary N) is 1. The van der Waals surface area contributed by atoms with Gasteiger partial charge in [-0.1, -0.05) is 54.6 Å². The number of aromatic amines is 1. The van der Waals surface area contributed by atoms with Crippen molar-refractivity contribution in [1.29, 1.82) is 0 Å². The van der Waals surface area contributed by atoms with Crippen molar-refractivity contribution in [2.45, 2.75) is 36.8 Å². The molecule has 0 bridgehead atoms. The van der Waals surface area contributed by atoms with Crippen LogP contribution in [0.15, 0.2) is 66.7 Å². The lowest BCUT2D eigenvalue weighted by molar-refractivity contribution is 0.00794. The number of H-pyrrole nitrogens is 1. The van der Waals surface area contributed by atoms with Crippen LogP contribution in [0.4, 0.5) is 4.39 Å². The van der Waals surface area contributed by atoms with Crippen molar-refractivity contribution in [2.24, 2.45) is 5.92 Å².